The van der Waals surface area contributed by atoms with E-state index in [4.69, 9.17) is 23.2 Å². The molecule has 0 saturated carbocycles. The Labute approximate surface area is 144 Å². The molecule has 0 bridgehead atoms. The Hall–Kier alpha value is -1.69. The third-order valence-electron chi connectivity index (χ3n) is 3.74. The summed E-state index contributed by atoms with van der Waals surface area (Å²) in [7, 11) is 0. The number of rotatable bonds is 4. The van der Waals surface area contributed by atoms with Gasteiger partial charge in [0.1, 0.15) is 0 Å². The Balaban J connectivity index is 1.63. The third-order valence-corrected chi connectivity index (χ3v) is 4.33. The number of nitrogens with one attached hydrogen (secondary N) is 1. The average molecular weight is 351 g/mol. The lowest BCUT2D eigenvalue weighted by Gasteiger charge is -2.16. The van der Waals surface area contributed by atoms with E-state index >= 15 is 0 Å². The highest BCUT2D eigenvalue weighted by molar-refractivity contribution is 6.35. The maximum atomic E-state index is 12.2. The van der Waals surface area contributed by atoms with Gasteiger partial charge in [0.05, 0.1) is 12.6 Å². The van der Waals surface area contributed by atoms with Crippen LogP contribution >= 0.6 is 23.2 Å². The molecule has 3 rings (SSSR count). The summed E-state index contributed by atoms with van der Waals surface area (Å²) < 4.78 is 0. The Morgan fingerprint density at radius 3 is 2.74 bits per heavy atom. The van der Waals surface area contributed by atoms with Crippen molar-refractivity contribution >= 4 is 34.9 Å². The van der Waals surface area contributed by atoms with Gasteiger partial charge in [-0.05, 0) is 30.2 Å². The number of nitrogens with zero attached hydrogens (tertiary/aromatic N) is 3. The van der Waals surface area contributed by atoms with Crippen LogP contribution in [0.1, 0.15) is 11.1 Å². The van der Waals surface area contributed by atoms with Crippen molar-refractivity contribution in [2.45, 2.75) is 19.5 Å². The van der Waals surface area contributed by atoms with Gasteiger partial charge in [-0.15, -0.1) is 0 Å². The molecule has 0 amide bonds. The summed E-state index contributed by atoms with van der Waals surface area (Å²) in [5.41, 5.74) is 1.90. The zero-order valence-electron chi connectivity index (χ0n) is 12.6. The van der Waals surface area contributed by atoms with Gasteiger partial charge in [0.15, 0.2) is 5.78 Å². The molecular weight excluding hydrogens is 335 g/mol. The van der Waals surface area contributed by atoms with Gasteiger partial charge in [0, 0.05) is 35.5 Å². The van der Waals surface area contributed by atoms with E-state index < -0.39 is 0 Å². The number of anilines is 1. The summed E-state index contributed by atoms with van der Waals surface area (Å²) in [6.07, 6.45) is 3.50. The fourth-order valence-electron chi connectivity index (χ4n) is 2.46. The van der Waals surface area contributed by atoms with Gasteiger partial charge >= 0.3 is 0 Å². The van der Waals surface area contributed by atoms with Crippen molar-refractivity contribution in [2.75, 3.05) is 18.0 Å². The second-order valence-electron chi connectivity index (χ2n) is 5.58. The molecule has 1 aliphatic heterocycles. The zero-order chi connectivity index (χ0) is 16.4. The molecule has 1 saturated heterocycles. The van der Waals surface area contributed by atoms with Crippen molar-refractivity contribution < 1.29 is 4.79 Å². The van der Waals surface area contributed by atoms with Gasteiger partial charge in [-0.3, -0.25) is 4.79 Å². The summed E-state index contributed by atoms with van der Waals surface area (Å²) >= 11 is 12.0. The number of carbonyl (C=O) groups excluding carboxylic acids is 1. The van der Waals surface area contributed by atoms with Gasteiger partial charge < -0.3 is 10.2 Å². The van der Waals surface area contributed by atoms with Crippen molar-refractivity contribution in [3.63, 3.8) is 0 Å². The van der Waals surface area contributed by atoms with Crippen LogP contribution in [0.4, 0.5) is 5.95 Å². The summed E-state index contributed by atoms with van der Waals surface area (Å²) in [6, 6.07) is 5.08. The van der Waals surface area contributed by atoms with Crippen LogP contribution in [-0.2, 0) is 11.3 Å². The largest absolute Gasteiger partial charge is 0.331 e. The van der Waals surface area contributed by atoms with Crippen molar-refractivity contribution in [3.05, 3.63) is 51.8 Å². The number of ketones is 1. The second kappa shape index (κ2) is 6.83. The zero-order valence-corrected chi connectivity index (χ0v) is 14.1. The first-order valence-corrected chi connectivity index (χ1v) is 8.02. The van der Waals surface area contributed by atoms with Crippen LogP contribution < -0.4 is 10.2 Å². The van der Waals surface area contributed by atoms with Crippen LogP contribution in [0.5, 0.6) is 0 Å². The first-order chi connectivity index (χ1) is 11.0. The van der Waals surface area contributed by atoms with Crippen LogP contribution in [0.15, 0.2) is 30.6 Å². The fraction of sp³-hybridized carbons (Fsp3) is 0.312. The molecule has 23 heavy (non-hydrogen) atoms. The van der Waals surface area contributed by atoms with Crippen molar-refractivity contribution in [2.24, 2.45) is 0 Å². The lowest BCUT2D eigenvalue weighted by atomic mass is 10.2. The summed E-state index contributed by atoms with van der Waals surface area (Å²) in [4.78, 5) is 22.6. The number of benzene rings is 1. The van der Waals surface area contributed by atoms with E-state index in [0.717, 1.165) is 11.1 Å². The minimum atomic E-state index is -0.258. The highest BCUT2D eigenvalue weighted by Crippen LogP contribution is 2.21. The molecule has 2 aromatic rings. The molecule has 0 spiro atoms. The molecule has 1 aromatic carbocycles. The van der Waals surface area contributed by atoms with Crippen molar-refractivity contribution in [1.82, 2.24) is 15.3 Å². The lowest BCUT2D eigenvalue weighted by molar-refractivity contribution is -0.117. The standard InChI is InChI=1S/C16H16Cl2N4O/c1-10-5-20-16(21-6-10)22-8-14(15(23)9-22)19-7-11-2-3-12(17)4-13(11)18/h2-6,14,19H,7-9H2,1H3. The molecule has 1 N–H and O–H groups in total. The normalized spacial score (nSPS) is 17.8. The molecule has 1 fully saturated rings. The molecule has 1 unspecified atom stereocenters. The number of Topliss-reactive ketones (excluding diaryl/α,β-unsaturated/α-hetero) is 1. The maximum absolute atomic E-state index is 12.2. The predicted octanol–water partition coefficient (Wildman–Crippen LogP) is 2.64. The fourth-order valence-corrected chi connectivity index (χ4v) is 2.94. The predicted molar refractivity (Wildman–Crippen MR) is 91.1 cm³/mol. The van der Waals surface area contributed by atoms with E-state index in [2.05, 4.69) is 15.3 Å². The Kier molecular flexibility index (Phi) is 4.80. The molecule has 1 aliphatic rings. The van der Waals surface area contributed by atoms with Crippen LogP contribution in [0.2, 0.25) is 10.0 Å². The van der Waals surface area contributed by atoms with Gasteiger partial charge in [0.2, 0.25) is 5.95 Å². The van der Waals surface area contributed by atoms with Crippen molar-refractivity contribution in [3.8, 4) is 0 Å². The molecule has 1 aromatic heterocycles. The van der Waals surface area contributed by atoms with E-state index in [1.165, 1.54) is 0 Å². The summed E-state index contributed by atoms with van der Waals surface area (Å²) in [5.74, 6) is 0.706. The minimum Gasteiger partial charge on any atom is -0.331 e. The van der Waals surface area contributed by atoms with E-state index in [1.54, 1.807) is 24.5 Å². The molecule has 5 nitrogen and oxygen atoms in total. The smallest absolute Gasteiger partial charge is 0.225 e. The highest BCUT2D eigenvalue weighted by Gasteiger charge is 2.31. The summed E-state index contributed by atoms with van der Waals surface area (Å²) in [6.45, 7) is 3.30. The van der Waals surface area contributed by atoms with Crippen LogP contribution in [0.25, 0.3) is 0 Å². The van der Waals surface area contributed by atoms with E-state index in [-0.39, 0.29) is 11.8 Å². The molecule has 0 aliphatic carbocycles. The molecule has 120 valence electrons. The lowest BCUT2D eigenvalue weighted by Crippen LogP contribution is -2.36. The molecule has 1 atom stereocenters. The van der Waals surface area contributed by atoms with Gasteiger partial charge in [0.25, 0.3) is 0 Å². The van der Waals surface area contributed by atoms with Crippen LogP contribution in [0.3, 0.4) is 0 Å². The second-order valence-corrected chi connectivity index (χ2v) is 6.42. The number of aryl methyl sites for hydroxylation is 1. The van der Waals surface area contributed by atoms with Crippen LogP contribution in [-0.4, -0.2) is 34.9 Å². The Morgan fingerprint density at radius 2 is 2.04 bits per heavy atom. The first kappa shape index (κ1) is 16.2. The SMILES string of the molecule is Cc1cnc(N2CC(=O)C(NCc3ccc(Cl)cc3Cl)C2)nc1. The maximum Gasteiger partial charge on any atom is 0.225 e. The molecule has 2 heterocycles. The number of hydrogen-bond acceptors (Lipinski definition) is 5. The average Bonchev–Trinajstić information content (AvgIpc) is 2.88. The molecule has 0 radical (unpaired) electrons. The third kappa shape index (κ3) is 3.80. The van der Waals surface area contributed by atoms with Crippen LogP contribution in [0, 0.1) is 6.92 Å². The topological polar surface area (TPSA) is 58.1 Å². The summed E-state index contributed by atoms with van der Waals surface area (Å²) in [5, 5.41) is 4.43. The van der Waals surface area contributed by atoms with Crippen molar-refractivity contribution in [1.29, 1.82) is 0 Å². The number of halogens is 2. The monoisotopic (exact) mass is 350 g/mol. The minimum absolute atomic E-state index is 0.124. The molecular formula is C16H16Cl2N4O. The van der Waals surface area contributed by atoms with Gasteiger partial charge in [-0.2, -0.15) is 0 Å². The van der Waals surface area contributed by atoms with E-state index in [0.29, 0.717) is 35.6 Å². The molecule has 7 heteroatoms. The number of aromatic nitrogens is 2. The highest BCUT2D eigenvalue weighted by atomic mass is 35.5. The quantitative estimate of drug-likeness (QED) is 0.918. The van der Waals surface area contributed by atoms with E-state index in [9.17, 15) is 4.79 Å². The van der Waals surface area contributed by atoms with Gasteiger partial charge in [-0.25, -0.2) is 9.97 Å². The first-order valence-electron chi connectivity index (χ1n) is 7.26. The van der Waals surface area contributed by atoms with E-state index in [1.807, 2.05) is 17.9 Å². The Bertz CT molecular complexity index is 721. The van der Waals surface area contributed by atoms with Gasteiger partial charge in [-0.1, -0.05) is 29.3 Å². The Morgan fingerprint density at radius 1 is 1.30 bits per heavy atom. The number of hydrogen-bond donors (Lipinski definition) is 1. The number of carbonyl (C=O) groups is 1.